The lowest BCUT2D eigenvalue weighted by atomic mass is 9.90. The van der Waals surface area contributed by atoms with Gasteiger partial charge in [0.15, 0.2) is 5.78 Å². The Kier molecular flexibility index (Phi) is 4.44. The molecule has 8 rings (SSSR count). The zero-order valence-electron chi connectivity index (χ0n) is 20.6. The van der Waals surface area contributed by atoms with Crippen LogP contribution in [0.3, 0.4) is 0 Å². The minimum Gasteiger partial charge on any atom is -0.289 e. The molecule has 8 aromatic rings. The van der Waals surface area contributed by atoms with Crippen molar-refractivity contribution in [3.8, 4) is 0 Å². The molecule has 0 unspecified atom stereocenters. The van der Waals surface area contributed by atoms with Gasteiger partial charge in [-0.25, -0.2) is 0 Å². The van der Waals surface area contributed by atoms with E-state index in [9.17, 15) is 4.79 Å². The number of benzene rings is 8. The van der Waals surface area contributed by atoms with E-state index in [0.717, 1.165) is 10.8 Å². The quantitative estimate of drug-likeness (QED) is 0.177. The molecule has 0 saturated heterocycles. The first-order valence-corrected chi connectivity index (χ1v) is 13.0. The summed E-state index contributed by atoms with van der Waals surface area (Å²) in [6, 6.07) is 46.4. The summed E-state index contributed by atoms with van der Waals surface area (Å²) in [5, 5.41) is 14.2. The molecule has 1 heteroatoms. The van der Waals surface area contributed by atoms with Crippen LogP contribution < -0.4 is 0 Å². The fourth-order valence-electron chi connectivity index (χ4n) is 6.26. The van der Waals surface area contributed by atoms with Crippen LogP contribution in [-0.2, 0) is 0 Å². The zero-order chi connectivity index (χ0) is 25.2. The summed E-state index contributed by atoms with van der Waals surface area (Å²) in [5.41, 5.74) is 1.42. The van der Waals surface area contributed by atoms with Gasteiger partial charge in [0.25, 0.3) is 0 Å². The molecule has 0 spiro atoms. The molecule has 0 aliphatic heterocycles. The van der Waals surface area contributed by atoms with E-state index in [1.807, 2.05) is 12.1 Å². The monoisotopic (exact) mass is 482 g/mol. The van der Waals surface area contributed by atoms with Crippen molar-refractivity contribution in [1.82, 2.24) is 0 Å². The lowest BCUT2D eigenvalue weighted by Crippen LogP contribution is -2.01. The average Bonchev–Trinajstić information content (AvgIpc) is 3.00. The molecule has 0 amide bonds. The number of rotatable bonds is 2. The van der Waals surface area contributed by atoms with Gasteiger partial charge in [-0.2, -0.15) is 0 Å². The van der Waals surface area contributed by atoms with E-state index < -0.39 is 0 Å². The third kappa shape index (κ3) is 2.96. The molecule has 0 heterocycles. The fourth-order valence-corrected chi connectivity index (χ4v) is 6.26. The van der Waals surface area contributed by atoms with Crippen molar-refractivity contribution < 1.29 is 4.79 Å². The summed E-state index contributed by atoms with van der Waals surface area (Å²) in [4.78, 5) is 13.9. The van der Waals surface area contributed by atoms with Crippen molar-refractivity contribution in [3.05, 3.63) is 145 Å². The van der Waals surface area contributed by atoms with Crippen molar-refractivity contribution >= 4 is 70.4 Å². The van der Waals surface area contributed by atoms with Gasteiger partial charge < -0.3 is 0 Å². The lowest BCUT2D eigenvalue weighted by molar-refractivity contribution is 0.103. The van der Waals surface area contributed by atoms with Gasteiger partial charge in [0.05, 0.1) is 0 Å². The van der Waals surface area contributed by atoms with Gasteiger partial charge in [0.2, 0.25) is 0 Å². The Balaban J connectivity index is 1.36. The van der Waals surface area contributed by atoms with Crippen LogP contribution in [0.5, 0.6) is 0 Å². The Morgan fingerprint density at radius 3 is 0.816 bits per heavy atom. The highest BCUT2D eigenvalue weighted by molar-refractivity contribution is 6.28. The number of ketones is 1. The highest BCUT2D eigenvalue weighted by Crippen LogP contribution is 2.37. The number of carbonyl (C=O) groups is 1. The third-order valence-corrected chi connectivity index (χ3v) is 8.01. The summed E-state index contributed by atoms with van der Waals surface area (Å²) in [7, 11) is 0. The Hall–Kier alpha value is -5.01. The molecule has 0 aromatic heterocycles. The fraction of sp³-hybridized carbons (Fsp3) is 0. The number of fused-ring (bicyclic) bond motifs is 12. The molecular formula is C37H22O. The number of hydrogen-bond donors (Lipinski definition) is 0. The molecule has 1 nitrogen and oxygen atoms in total. The summed E-state index contributed by atoms with van der Waals surface area (Å²) in [5.74, 6) is 0.0447. The summed E-state index contributed by atoms with van der Waals surface area (Å²) in [6.45, 7) is 0. The van der Waals surface area contributed by atoms with Gasteiger partial charge in [-0.3, -0.25) is 4.79 Å². The third-order valence-electron chi connectivity index (χ3n) is 8.01. The van der Waals surface area contributed by atoms with Crippen LogP contribution in [0.15, 0.2) is 133 Å². The number of hydrogen-bond acceptors (Lipinski definition) is 1. The van der Waals surface area contributed by atoms with Crippen LogP contribution >= 0.6 is 0 Å². The van der Waals surface area contributed by atoms with Gasteiger partial charge in [-0.05, 0) is 76.8 Å². The number of carbonyl (C=O) groups excluding carboxylic acids is 1. The van der Waals surface area contributed by atoms with E-state index in [1.165, 1.54) is 53.9 Å². The van der Waals surface area contributed by atoms with Crippen molar-refractivity contribution in [3.63, 3.8) is 0 Å². The SMILES string of the molecule is O=C(c1ccc2c3ccccc3c3ccccc3c2c1)c1ccc2c3ccccc3c3ccccc3c2c1. The van der Waals surface area contributed by atoms with Gasteiger partial charge in [0.1, 0.15) is 0 Å². The van der Waals surface area contributed by atoms with E-state index >= 15 is 0 Å². The molecule has 0 N–H and O–H groups in total. The second-order valence-electron chi connectivity index (χ2n) is 10.0. The molecule has 0 atom stereocenters. The minimum absolute atomic E-state index is 0.0447. The molecule has 0 radical (unpaired) electrons. The van der Waals surface area contributed by atoms with E-state index in [0.29, 0.717) is 11.1 Å². The average molecular weight is 483 g/mol. The summed E-state index contributed by atoms with van der Waals surface area (Å²) < 4.78 is 0. The molecular weight excluding hydrogens is 460 g/mol. The maximum absolute atomic E-state index is 13.9. The summed E-state index contributed by atoms with van der Waals surface area (Å²) in [6.07, 6.45) is 0. The van der Waals surface area contributed by atoms with E-state index in [4.69, 9.17) is 0 Å². The van der Waals surface area contributed by atoms with Gasteiger partial charge >= 0.3 is 0 Å². The van der Waals surface area contributed by atoms with E-state index in [2.05, 4.69) is 121 Å². The predicted molar refractivity (Wildman–Crippen MR) is 161 cm³/mol. The molecule has 0 saturated carbocycles. The molecule has 0 aliphatic rings. The minimum atomic E-state index is 0.0447. The second kappa shape index (κ2) is 7.99. The molecule has 38 heavy (non-hydrogen) atoms. The van der Waals surface area contributed by atoms with Gasteiger partial charge in [-0.1, -0.05) is 121 Å². The Morgan fingerprint density at radius 2 is 0.526 bits per heavy atom. The van der Waals surface area contributed by atoms with Gasteiger partial charge in [0, 0.05) is 11.1 Å². The highest BCUT2D eigenvalue weighted by Gasteiger charge is 2.15. The maximum Gasteiger partial charge on any atom is 0.193 e. The van der Waals surface area contributed by atoms with Crippen LogP contribution in [0.4, 0.5) is 0 Å². The maximum atomic E-state index is 13.9. The van der Waals surface area contributed by atoms with Crippen molar-refractivity contribution in [2.75, 3.05) is 0 Å². The predicted octanol–water partition coefficient (Wildman–Crippen LogP) is 9.84. The standard InChI is InChI=1S/C37H22O/c38-37(23-17-19-33-29-13-3-1-9-25(29)27-11-5-7-15-31(27)35(33)21-23)24-18-20-34-30-14-4-2-10-26(30)28-12-6-8-16-32(28)36(34)22-24/h1-22H. The van der Waals surface area contributed by atoms with Crippen LogP contribution in [-0.4, -0.2) is 5.78 Å². The first-order valence-electron chi connectivity index (χ1n) is 13.0. The summed E-state index contributed by atoms with van der Waals surface area (Å²) >= 11 is 0. The Labute approximate surface area is 219 Å². The van der Waals surface area contributed by atoms with E-state index in [1.54, 1.807) is 0 Å². The smallest absolute Gasteiger partial charge is 0.193 e. The normalized spacial score (nSPS) is 11.8. The van der Waals surface area contributed by atoms with Crippen LogP contribution in [0.2, 0.25) is 0 Å². The first-order chi connectivity index (χ1) is 18.8. The van der Waals surface area contributed by atoms with Crippen molar-refractivity contribution in [2.24, 2.45) is 0 Å². The van der Waals surface area contributed by atoms with Gasteiger partial charge in [-0.15, -0.1) is 0 Å². The Bertz CT molecular complexity index is 2020. The molecule has 0 fully saturated rings. The first kappa shape index (κ1) is 21.1. The van der Waals surface area contributed by atoms with Crippen LogP contribution in [0.25, 0.3) is 64.6 Å². The van der Waals surface area contributed by atoms with Crippen molar-refractivity contribution in [2.45, 2.75) is 0 Å². The van der Waals surface area contributed by atoms with E-state index in [-0.39, 0.29) is 5.78 Å². The lowest BCUT2D eigenvalue weighted by Gasteiger charge is -2.13. The largest absolute Gasteiger partial charge is 0.289 e. The van der Waals surface area contributed by atoms with Crippen molar-refractivity contribution in [1.29, 1.82) is 0 Å². The molecule has 176 valence electrons. The second-order valence-corrected chi connectivity index (χ2v) is 10.0. The highest BCUT2D eigenvalue weighted by atomic mass is 16.1. The molecule has 8 aromatic carbocycles. The molecule has 0 aliphatic carbocycles. The zero-order valence-corrected chi connectivity index (χ0v) is 20.6. The van der Waals surface area contributed by atoms with Crippen LogP contribution in [0.1, 0.15) is 15.9 Å². The topological polar surface area (TPSA) is 17.1 Å². The van der Waals surface area contributed by atoms with Crippen LogP contribution in [0, 0.1) is 0 Å². The Morgan fingerprint density at radius 1 is 0.289 bits per heavy atom. The molecule has 0 bridgehead atoms.